The van der Waals surface area contributed by atoms with E-state index >= 15 is 0 Å². The van der Waals surface area contributed by atoms with Gasteiger partial charge in [0.15, 0.2) is 0 Å². The molecule has 0 atom stereocenters. The van der Waals surface area contributed by atoms with Crippen LogP contribution in [0.1, 0.15) is 15.9 Å². The number of sulfonamides is 1. The van der Waals surface area contributed by atoms with Crippen LogP contribution < -0.4 is 5.32 Å². The van der Waals surface area contributed by atoms with Crippen molar-refractivity contribution in [3.05, 3.63) is 85.0 Å². The van der Waals surface area contributed by atoms with Gasteiger partial charge in [0.25, 0.3) is 5.91 Å². The van der Waals surface area contributed by atoms with Gasteiger partial charge in [-0.2, -0.15) is 4.31 Å². The molecule has 0 saturated carbocycles. The Labute approximate surface area is 154 Å². The normalized spacial score (nSPS) is 11.2. The number of benzene rings is 2. The second-order valence-electron chi connectivity index (χ2n) is 5.75. The lowest BCUT2D eigenvalue weighted by Gasteiger charge is -2.19. The van der Waals surface area contributed by atoms with Crippen molar-refractivity contribution in [2.24, 2.45) is 0 Å². The van der Waals surface area contributed by atoms with Crippen molar-refractivity contribution in [1.29, 1.82) is 0 Å². The van der Waals surface area contributed by atoms with Gasteiger partial charge in [-0.05, 0) is 43.3 Å². The van der Waals surface area contributed by atoms with E-state index in [1.165, 1.54) is 28.6 Å². The first-order chi connectivity index (χ1) is 12.4. The first-order valence-electron chi connectivity index (χ1n) is 8.08. The Balaban J connectivity index is 2.18. The van der Waals surface area contributed by atoms with Crippen molar-refractivity contribution in [3.63, 3.8) is 0 Å². The molecule has 0 unspecified atom stereocenters. The number of aryl methyl sites for hydroxylation is 1. The number of anilines is 1. The predicted molar refractivity (Wildman–Crippen MR) is 105 cm³/mol. The molecule has 0 aromatic heterocycles. The van der Waals surface area contributed by atoms with Crippen LogP contribution in [-0.4, -0.2) is 31.7 Å². The van der Waals surface area contributed by atoms with Gasteiger partial charge in [0.2, 0.25) is 10.0 Å². The molecular formula is C20H22N2O3S. The Morgan fingerprint density at radius 1 is 1.08 bits per heavy atom. The Morgan fingerprint density at radius 2 is 1.69 bits per heavy atom. The average Bonchev–Trinajstić information content (AvgIpc) is 2.62. The third-order valence-corrected chi connectivity index (χ3v) is 5.54. The van der Waals surface area contributed by atoms with Gasteiger partial charge in [-0.25, -0.2) is 8.42 Å². The minimum atomic E-state index is -3.65. The number of carbonyl (C=O) groups is 1. The summed E-state index contributed by atoms with van der Waals surface area (Å²) < 4.78 is 26.6. The largest absolute Gasteiger partial charge is 0.322 e. The Morgan fingerprint density at radius 3 is 2.23 bits per heavy atom. The van der Waals surface area contributed by atoms with E-state index in [0.29, 0.717) is 11.3 Å². The number of rotatable bonds is 8. The van der Waals surface area contributed by atoms with Crippen molar-refractivity contribution in [1.82, 2.24) is 4.31 Å². The predicted octanol–water partition coefficient (Wildman–Crippen LogP) is 3.61. The average molecular weight is 370 g/mol. The van der Waals surface area contributed by atoms with Crippen LogP contribution in [0.15, 0.2) is 78.7 Å². The maximum absolute atomic E-state index is 12.6. The molecule has 0 aliphatic carbocycles. The highest BCUT2D eigenvalue weighted by Crippen LogP contribution is 2.19. The maximum atomic E-state index is 12.6. The first kappa shape index (κ1) is 19.6. The summed E-state index contributed by atoms with van der Waals surface area (Å²) in [6.07, 6.45) is 3.05. The SMILES string of the molecule is C=CCN(CC=C)S(=O)(=O)c1ccc(NC(=O)c2cccc(C)c2)cc1. The fraction of sp³-hybridized carbons (Fsp3) is 0.150. The molecule has 0 radical (unpaired) electrons. The lowest BCUT2D eigenvalue weighted by Crippen LogP contribution is -2.31. The summed E-state index contributed by atoms with van der Waals surface area (Å²) >= 11 is 0. The van der Waals surface area contributed by atoms with Gasteiger partial charge in [0, 0.05) is 24.3 Å². The van der Waals surface area contributed by atoms with E-state index in [1.807, 2.05) is 19.1 Å². The number of carbonyl (C=O) groups excluding carboxylic acids is 1. The number of hydrogen-bond acceptors (Lipinski definition) is 3. The monoisotopic (exact) mass is 370 g/mol. The van der Waals surface area contributed by atoms with Gasteiger partial charge in [-0.15, -0.1) is 13.2 Å². The molecule has 136 valence electrons. The molecule has 6 heteroatoms. The lowest BCUT2D eigenvalue weighted by molar-refractivity contribution is 0.102. The van der Waals surface area contributed by atoms with Crippen LogP contribution in [0.4, 0.5) is 5.69 Å². The number of hydrogen-bond donors (Lipinski definition) is 1. The van der Waals surface area contributed by atoms with Crippen molar-refractivity contribution in [2.75, 3.05) is 18.4 Å². The van der Waals surface area contributed by atoms with E-state index in [1.54, 1.807) is 24.3 Å². The van der Waals surface area contributed by atoms with Gasteiger partial charge in [0.05, 0.1) is 4.90 Å². The molecule has 2 rings (SSSR count). The molecule has 0 fully saturated rings. The van der Waals surface area contributed by atoms with Crippen LogP contribution in [0.2, 0.25) is 0 Å². The summed E-state index contributed by atoms with van der Waals surface area (Å²) in [6.45, 7) is 9.47. The summed E-state index contributed by atoms with van der Waals surface area (Å²) in [5.74, 6) is -0.246. The summed E-state index contributed by atoms with van der Waals surface area (Å²) in [4.78, 5) is 12.4. The second kappa shape index (κ2) is 8.60. The highest BCUT2D eigenvalue weighted by Gasteiger charge is 2.22. The van der Waals surface area contributed by atoms with Crippen LogP contribution in [0.5, 0.6) is 0 Å². The van der Waals surface area contributed by atoms with Crippen LogP contribution in [-0.2, 0) is 10.0 Å². The van der Waals surface area contributed by atoms with E-state index in [2.05, 4.69) is 18.5 Å². The molecule has 1 N–H and O–H groups in total. The van der Waals surface area contributed by atoms with Gasteiger partial charge in [-0.3, -0.25) is 4.79 Å². The fourth-order valence-electron chi connectivity index (χ4n) is 2.41. The minimum Gasteiger partial charge on any atom is -0.322 e. The van der Waals surface area contributed by atoms with Crippen molar-refractivity contribution in [3.8, 4) is 0 Å². The molecule has 2 aromatic rings. The number of nitrogens with zero attached hydrogens (tertiary/aromatic N) is 1. The standard InChI is InChI=1S/C20H22N2O3S/c1-4-13-22(14-5-2)26(24,25)19-11-9-18(10-12-19)21-20(23)17-8-6-7-16(3)15-17/h4-12,15H,1-2,13-14H2,3H3,(H,21,23). The fourth-order valence-corrected chi connectivity index (χ4v) is 3.79. The first-order valence-corrected chi connectivity index (χ1v) is 9.52. The maximum Gasteiger partial charge on any atom is 0.255 e. The highest BCUT2D eigenvalue weighted by atomic mass is 32.2. The van der Waals surface area contributed by atoms with Crippen LogP contribution >= 0.6 is 0 Å². The van der Waals surface area contributed by atoms with Gasteiger partial charge in [0.1, 0.15) is 0 Å². The van der Waals surface area contributed by atoms with Crippen LogP contribution in [0.3, 0.4) is 0 Å². The molecule has 0 spiro atoms. The van der Waals surface area contributed by atoms with E-state index in [0.717, 1.165) is 5.56 Å². The molecule has 0 aliphatic heterocycles. The molecular weight excluding hydrogens is 348 g/mol. The zero-order valence-corrected chi connectivity index (χ0v) is 15.5. The summed E-state index contributed by atoms with van der Waals surface area (Å²) in [7, 11) is -3.65. The van der Waals surface area contributed by atoms with E-state index < -0.39 is 10.0 Å². The third-order valence-electron chi connectivity index (χ3n) is 3.70. The molecule has 0 bridgehead atoms. The lowest BCUT2D eigenvalue weighted by atomic mass is 10.1. The zero-order chi connectivity index (χ0) is 19.2. The Kier molecular flexibility index (Phi) is 6.49. The summed E-state index contributed by atoms with van der Waals surface area (Å²) in [5.41, 5.74) is 2.06. The molecule has 1 amide bonds. The smallest absolute Gasteiger partial charge is 0.255 e. The van der Waals surface area contributed by atoms with E-state index in [9.17, 15) is 13.2 Å². The highest BCUT2D eigenvalue weighted by molar-refractivity contribution is 7.89. The van der Waals surface area contributed by atoms with Crippen molar-refractivity contribution >= 4 is 21.6 Å². The molecule has 0 aliphatic rings. The van der Waals surface area contributed by atoms with Crippen LogP contribution in [0.25, 0.3) is 0 Å². The van der Waals surface area contributed by atoms with Gasteiger partial charge >= 0.3 is 0 Å². The van der Waals surface area contributed by atoms with Crippen molar-refractivity contribution in [2.45, 2.75) is 11.8 Å². The topological polar surface area (TPSA) is 66.5 Å². The molecule has 0 heterocycles. The van der Waals surface area contributed by atoms with Gasteiger partial charge in [-0.1, -0.05) is 29.8 Å². The minimum absolute atomic E-state index is 0.148. The third kappa shape index (κ3) is 4.68. The summed E-state index contributed by atoms with van der Waals surface area (Å²) in [5, 5.41) is 2.76. The Bertz CT molecular complexity index is 893. The number of amides is 1. The van der Waals surface area contributed by atoms with Crippen molar-refractivity contribution < 1.29 is 13.2 Å². The molecule has 2 aromatic carbocycles. The van der Waals surface area contributed by atoms with Crippen LogP contribution in [0, 0.1) is 6.92 Å². The summed E-state index contributed by atoms with van der Waals surface area (Å²) in [6, 6.07) is 13.3. The van der Waals surface area contributed by atoms with E-state index in [4.69, 9.17) is 0 Å². The van der Waals surface area contributed by atoms with E-state index in [-0.39, 0.29) is 23.9 Å². The Hall–Kier alpha value is -2.70. The zero-order valence-electron chi connectivity index (χ0n) is 14.7. The second-order valence-corrected chi connectivity index (χ2v) is 7.69. The molecule has 0 saturated heterocycles. The molecule has 5 nitrogen and oxygen atoms in total. The quantitative estimate of drug-likeness (QED) is 0.722. The van der Waals surface area contributed by atoms with Gasteiger partial charge < -0.3 is 5.32 Å². The molecule has 26 heavy (non-hydrogen) atoms. The number of nitrogens with one attached hydrogen (secondary N) is 1.